The molecule has 0 aromatic heterocycles. The molecule has 2 aliphatic rings. The van der Waals surface area contributed by atoms with Crippen molar-refractivity contribution in [2.45, 2.75) is 193 Å². The van der Waals surface area contributed by atoms with Crippen LogP contribution in [-0.2, 0) is 14.2 Å². The maximum atomic E-state index is 7.10. The molecule has 0 spiro atoms. The topological polar surface area (TPSA) is 34.3 Å². The van der Waals surface area contributed by atoms with Gasteiger partial charge in [0.25, 0.3) is 0 Å². The van der Waals surface area contributed by atoms with Gasteiger partial charge >= 0.3 is 0 Å². The summed E-state index contributed by atoms with van der Waals surface area (Å²) >= 11 is 0. The summed E-state index contributed by atoms with van der Waals surface area (Å²) in [5.41, 5.74) is 0.167. The summed E-state index contributed by atoms with van der Waals surface area (Å²) < 4.78 is 20.2. The minimum absolute atomic E-state index is 0.0834. The van der Waals surface area contributed by atoms with Crippen molar-refractivity contribution >= 4 is 0 Å². The van der Waals surface area contributed by atoms with Gasteiger partial charge in [-0.1, -0.05) is 119 Å². The van der Waals surface area contributed by atoms with Crippen molar-refractivity contribution in [3.05, 3.63) is 0 Å². The fourth-order valence-corrected chi connectivity index (χ4v) is 6.37. The Balaban J connectivity index is 2.11. The Hall–Kier alpha value is -0.120. The Bertz CT molecular complexity index is 449. The maximum Gasteiger partial charge on any atom is 0.113 e. The number of ether oxygens (including phenoxy) is 3. The van der Waals surface area contributed by atoms with E-state index in [1.807, 2.05) is 0 Å². The van der Waals surface area contributed by atoms with Gasteiger partial charge in [0.1, 0.15) is 12.2 Å². The SMILES string of the molecule is CCCCCCC(OC(CCCCCC)C1OC1(CCC)CCC)C1OC1(CCC)CCC. The number of hydrogen-bond acceptors (Lipinski definition) is 3. The van der Waals surface area contributed by atoms with Gasteiger partial charge in [0.15, 0.2) is 0 Å². The zero-order valence-electron chi connectivity index (χ0n) is 23.3. The van der Waals surface area contributed by atoms with E-state index in [1.54, 1.807) is 0 Å². The van der Waals surface area contributed by atoms with Crippen molar-refractivity contribution in [1.82, 2.24) is 0 Å². The zero-order valence-corrected chi connectivity index (χ0v) is 23.3. The molecule has 0 N–H and O–H groups in total. The molecule has 3 nitrogen and oxygen atoms in total. The van der Waals surface area contributed by atoms with E-state index >= 15 is 0 Å². The van der Waals surface area contributed by atoms with Crippen molar-refractivity contribution in [1.29, 1.82) is 0 Å². The second kappa shape index (κ2) is 15.1. The molecule has 4 unspecified atom stereocenters. The van der Waals surface area contributed by atoms with Crippen LogP contribution in [0.25, 0.3) is 0 Å². The van der Waals surface area contributed by atoms with Crippen molar-refractivity contribution in [3.63, 3.8) is 0 Å². The summed E-state index contributed by atoms with van der Waals surface area (Å²) in [7, 11) is 0. The van der Waals surface area contributed by atoms with Gasteiger partial charge in [-0.25, -0.2) is 0 Å². The third-order valence-corrected chi connectivity index (χ3v) is 8.05. The molecule has 4 atom stereocenters. The molecule has 2 saturated heterocycles. The molecule has 0 saturated carbocycles. The van der Waals surface area contributed by atoms with Crippen molar-refractivity contribution in [3.8, 4) is 0 Å². The van der Waals surface area contributed by atoms with E-state index in [9.17, 15) is 0 Å². The summed E-state index contributed by atoms with van der Waals surface area (Å²) in [5, 5.41) is 0. The molecule has 0 aromatic carbocycles. The number of rotatable bonds is 22. The molecule has 0 bridgehead atoms. The van der Waals surface area contributed by atoms with Crippen molar-refractivity contribution < 1.29 is 14.2 Å². The molecule has 3 heteroatoms. The van der Waals surface area contributed by atoms with Crippen LogP contribution < -0.4 is 0 Å². The summed E-state index contributed by atoms with van der Waals surface area (Å²) in [6.07, 6.45) is 23.2. The van der Waals surface area contributed by atoms with E-state index in [4.69, 9.17) is 14.2 Å². The van der Waals surface area contributed by atoms with Crippen LogP contribution in [0.4, 0.5) is 0 Å². The van der Waals surface area contributed by atoms with Crippen LogP contribution >= 0.6 is 0 Å². The number of epoxide rings is 2. The Morgan fingerprint density at radius 1 is 0.515 bits per heavy atom. The fraction of sp³-hybridized carbons (Fsp3) is 1.00. The average Bonchev–Trinajstić information content (AvgIpc) is 3.69. The molecule has 0 amide bonds. The van der Waals surface area contributed by atoms with Crippen LogP contribution in [0.1, 0.15) is 157 Å². The molecule has 0 radical (unpaired) electrons. The summed E-state index contributed by atoms with van der Waals surface area (Å²) in [5.74, 6) is 0. The smallest absolute Gasteiger partial charge is 0.113 e. The zero-order chi connectivity index (χ0) is 24.2. The fourth-order valence-electron chi connectivity index (χ4n) is 6.37. The number of hydrogen-bond donors (Lipinski definition) is 0. The largest absolute Gasteiger partial charge is 0.369 e. The molecule has 196 valence electrons. The highest BCUT2D eigenvalue weighted by atomic mass is 16.7. The third-order valence-electron chi connectivity index (χ3n) is 8.05. The highest BCUT2D eigenvalue weighted by molar-refractivity contribution is 5.09. The lowest BCUT2D eigenvalue weighted by molar-refractivity contribution is -0.0474. The number of unbranched alkanes of at least 4 members (excludes halogenated alkanes) is 6. The summed E-state index contributed by atoms with van der Waals surface area (Å²) in [6.45, 7) is 13.8. The lowest BCUT2D eigenvalue weighted by Crippen LogP contribution is -2.36. The monoisotopic (exact) mass is 466 g/mol. The maximum absolute atomic E-state index is 7.10. The summed E-state index contributed by atoms with van der Waals surface area (Å²) in [4.78, 5) is 0. The minimum Gasteiger partial charge on any atom is -0.369 e. The van der Waals surface area contributed by atoms with Gasteiger partial charge in [-0.05, 0) is 38.5 Å². The summed E-state index contributed by atoms with van der Waals surface area (Å²) in [6, 6.07) is 0. The average molecular weight is 467 g/mol. The quantitative estimate of drug-likeness (QED) is 0.118. The van der Waals surface area contributed by atoms with Gasteiger partial charge in [0.2, 0.25) is 0 Å². The van der Waals surface area contributed by atoms with E-state index in [-0.39, 0.29) is 23.4 Å². The lowest BCUT2D eigenvalue weighted by atomic mass is 9.88. The Morgan fingerprint density at radius 2 is 0.879 bits per heavy atom. The normalized spacial score (nSPS) is 24.5. The van der Waals surface area contributed by atoms with Gasteiger partial charge in [0, 0.05) is 0 Å². The first-order valence-electron chi connectivity index (χ1n) is 15.1. The van der Waals surface area contributed by atoms with Gasteiger partial charge in [-0.2, -0.15) is 0 Å². The van der Waals surface area contributed by atoms with Crippen LogP contribution in [0, 0.1) is 0 Å². The van der Waals surface area contributed by atoms with Crippen molar-refractivity contribution in [2.24, 2.45) is 0 Å². The van der Waals surface area contributed by atoms with Crippen LogP contribution in [0.2, 0.25) is 0 Å². The van der Waals surface area contributed by atoms with E-state index in [2.05, 4.69) is 41.5 Å². The molecule has 2 aliphatic heterocycles. The van der Waals surface area contributed by atoms with E-state index in [0.717, 1.165) is 12.8 Å². The molecule has 2 heterocycles. The predicted molar refractivity (Wildman–Crippen MR) is 141 cm³/mol. The Kier molecular flexibility index (Phi) is 13.3. The lowest BCUT2D eigenvalue weighted by Gasteiger charge is -2.26. The van der Waals surface area contributed by atoms with Gasteiger partial charge in [0.05, 0.1) is 23.4 Å². The highest BCUT2D eigenvalue weighted by Gasteiger charge is 2.62. The Morgan fingerprint density at radius 3 is 1.18 bits per heavy atom. The van der Waals surface area contributed by atoms with E-state index in [1.165, 1.54) is 103 Å². The van der Waals surface area contributed by atoms with Crippen molar-refractivity contribution in [2.75, 3.05) is 0 Å². The van der Waals surface area contributed by atoms with Crippen LogP contribution in [0.3, 0.4) is 0 Å². The highest BCUT2D eigenvalue weighted by Crippen LogP contribution is 2.51. The third kappa shape index (κ3) is 8.50. The molecule has 0 aromatic rings. The first-order chi connectivity index (χ1) is 16.1. The van der Waals surface area contributed by atoms with Crippen LogP contribution in [-0.4, -0.2) is 35.6 Å². The van der Waals surface area contributed by atoms with E-state index in [0.29, 0.717) is 12.2 Å². The second-order valence-corrected chi connectivity index (χ2v) is 11.1. The molecule has 33 heavy (non-hydrogen) atoms. The standard InChI is InChI=1S/C30H58O3/c1-7-13-15-17-19-25(27-29(32-27,21-9-3)22-10-4)31-26(20-18-16-14-8-2)28-30(33-28,23-11-5)24-12-6/h25-28H,7-24H2,1-6H3. The van der Waals surface area contributed by atoms with Crippen LogP contribution in [0.5, 0.6) is 0 Å². The molecule has 2 rings (SSSR count). The molecular formula is C30H58O3. The van der Waals surface area contributed by atoms with Gasteiger partial charge in [-0.15, -0.1) is 0 Å². The molecular weight excluding hydrogens is 408 g/mol. The second-order valence-electron chi connectivity index (χ2n) is 11.1. The molecule has 2 fully saturated rings. The first-order valence-corrected chi connectivity index (χ1v) is 15.1. The Labute approximate surface area is 207 Å². The van der Waals surface area contributed by atoms with Crippen LogP contribution in [0.15, 0.2) is 0 Å². The predicted octanol–water partition coefficient (Wildman–Crippen LogP) is 9.16. The van der Waals surface area contributed by atoms with E-state index < -0.39 is 0 Å². The van der Waals surface area contributed by atoms with Gasteiger partial charge in [-0.3, -0.25) is 0 Å². The van der Waals surface area contributed by atoms with Gasteiger partial charge < -0.3 is 14.2 Å². The first kappa shape index (κ1) is 29.1. The molecule has 0 aliphatic carbocycles. The minimum atomic E-state index is 0.0834.